The summed E-state index contributed by atoms with van der Waals surface area (Å²) in [4.78, 5) is 14.4. The molecule has 6 nitrogen and oxygen atoms in total. The van der Waals surface area contributed by atoms with Crippen LogP contribution in [0.25, 0.3) is 0 Å². The van der Waals surface area contributed by atoms with E-state index < -0.39 is 0 Å². The first-order chi connectivity index (χ1) is 10.4. The largest absolute Gasteiger partial charge is 0.366 e. The number of hydrogen-bond acceptors (Lipinski definition) is 3. The van der Waals surface area contributed by atoms with Crippen LogP contribution in [-0.4, -0.2) is 46.0 Å². The van der Waals surface area contributed by atoms with Crippen molar-refractivity contribution in [1.29, 1.82) is 0 Å². The molecule has 1 aromatic heterocycles. The van der Waals surface area contributed by atoms with Crippen LogP contribution in [0.2, 0.25) is 0 Å². The lowest BCUT2D eigenvalue weighted by atomic mass is 9.86. The average Bonchev–Trinajstić information content (AvgIpc) is 3.19. The van der Waals surface area contributed by atoms with Gasteiger partial charge in [0.05, 0.1) is 29.6 Å². The van der Waals surface area contributed by atoms with Crippen molar-refractivity contribution in [2.75, 3.05) is 18.4 Å². The topological polar surface area (TPSA) is 59.4 Å². The number of nitrogens with zero attached hydrogens (tertiary/aromatic N) is 3. The van der Waals surface area contributed by atoms with Gasteiger partial charge in [0.15, 0.2) is 0 Å². The Morgan fingerprint density at radius 2 is 1.91 bits per heavy atom. The summed E-state index contributed by atoms with van der Waals surface area (Å²) in [6.45, 7) is 7.78. The van der Waals surface area contributed by atoms with Crippen LogP contribution < -0.4 is 5.32 Å². The molecule has 1 aromatic rings. The molecular weight excluding hydrogens is 280 g/mol. The number of urea groups is 1. The zero-order chi connectivity index (χ0) is 15.5. The smallest absolute Gasteiger partial charge is 0.321 e. The van der Waals surface area contributed by atoms with Crippen LogP contribution >= 0.6 is 0 Å². The number of carbonyl (C=O) groups excluding carboxylic acids is 1. The van der Waals surface area contributed by atoms with Gasteiger partial charge >= 0.3 is 6.03 Å². The third-order valence-corrected chi connectivity index (χ3v) is 4.87. The summed E-state index contributed by atoms with van der Waals surface area (Å²) in [6.07, 6.45) is 8.27. The first-order valence-electron chi connectivity index (χ1n) is 7.87. The molecule has 0 spiro atoms. The van der Waals surface area contributed by atoms with Gasteiger partial charge in [0.2, 0.25) is 0 Å². The third-order valence-electron chi connectivity index (χ3n) is 4.87. The first kappa shape index (κ1) is 13.8. The number of hydrogen-bond donors (Lipinski definition) is 1. The van der Waals surface area contributed by atoms with E-state index in [1.54, 1.807) is 6.20 Å². The van der Waals surface area contributed by atoms with Gasteiger partial charge in [-0.05, 0) is 20.8 Å². The van der Waals surface area contributed by atoms with Crippen molar-refractivity contribution in [3.63, 3.8) is 0 Å². The minimum atomic E-state index is -0.0875. The van der Waals surface area contributed by atoms with Gasteiger partial charge < -0.3 is 15.0 Å². The van der Waals surface area contributed by atoms with E-state index in [9.17, 15) is 4.79 Å². The van der Waals surface area contributed by atoms with Crippen molar-refractivity contribution in [1.82, 2.24) is 14.7 Å². The summed E-state index contributed by atoms with van der Waals surface area (Å²) in [5.74, 6) is 0.913. The van der Waals surface area contributed by atoms with E-state index in [1.165, 1.54) is 0 Å². The van der Waals surface area contributed by atoms with Crippen molar-refractivity contribution in [3.05, 3.63) is 24.5 Å². The maximum absolute atomic E-state index is 12.5. The molecule has 4 unspecified atom stereocenters. The summed E-state index contributed by atoms with van der Waals surface area (Å²) < 4.78 is 7.70. The van der Waals surface area contributed by atoms with E-state index >= 15 is 0 Å². The Kier molecular flexibility index (Phi) is 2.88. The summed E-state index contributed by atoms with van der Waals surface area (Å²) in [6, 6.07) is -0.0396. The molecule has 0 saturated carbocycles. The number of rotatable bonds is 1. The molecule has 3 aliphatic rings. The maximum Gasteiger partial charge on any atom is 0.321 e. The Labute approximate surface area is 130 Å². The molecule has 0 radical (unpaired) electrons. The van der Waals surface area contributed by atoms with Gasteiger partial charge in [0.25, 0.3) is 0 Å². The zero-order valence-electron chi connectivity index (χ0n) is 13.2. The lowest BCUT2D eigenvalue weighted by molar-refractivity contribution is 0.0892. The molecule has 0 aliphatic carbocycles. The number of anilines is 1. The summed E-state index contributed by atoms with van der Waals surface area (Å²) in [7, 11) is 0. The highest BCUT2D eigenvalue weighted by molar-refractivity contribution is 5.89. The van der Waals surface area contributed by atoms with Gasteiger partial charge in [-0.2, -0.15) is 5.10 Å². The van der Waals surface area contributed by atoms with Crippen LogP contribution in [0, 0.1) is 11.8 Å². The van der Waals surface area contributed by atoms with Gasteiger partial charge in [-0.25, -0.2) is 4.79 Å². The van der Waals surface area contributed by atoms with Crippen molar-refractivity contribution in [2.24, 2.45) is 11.8 Å². The highest BCUT2D eigenvalue weighted by Gasteiger charge is 2.51. The second-order valence-corrected chi connectivity index (χ2v) is 7.46. The number of likely N-dealkylation sites (tertiary alicyclic amines) is 1. The zero-order valence-corrected chi connectivity index (χ0v) is 13.2. The van der Waals surface area contributed by atoms with Crippen LogP contribution in [0.3, 0.4) is 0 Å². The summed E-state index contributed by atoms with van der Waals surface area (Å²) in [5.41, 5.74) is 0.657. The van der Waals surface area contributed by atoms with Crippen LogP contribution in [-0.2, 0) is 10.3 Å². The number of amides is 2. The second-order valence-electron chi connectivity index (χ2n) is 7.46. The predicted octanol–water partition coefficient (Wildman–Crippen LogP) is 2.06. The van der Waals surface area contributed by atoms with E-state index in [4.69, 9.17) is 4.74 Å². The molecule has 1 N–H and O–H groups in total. The number of ether oxygens (including phenoxy) is 1. The fraction of sp³-hybridized carbons (Fsp3) is 0.625. The van der Waals surface area contributed by atoms with Gasteiger partial charge in [-0.1, -0.05) is 12.2 Å². The van der Waals surface area contributed by atoms with Crippen LogP contribution in [0.15, 0.2) is 24.5 Å². The van der Waals surface area contributed by atoms with Crippen molar-refractivity contribution in [3.8, 4) is 0 Å². The van der Waals surface area contributed by atoms with E-state index in [-0.39, 0.29) is 23.8 Å². The minimum Gasteiger partial charge on any atom is -0.366 e. The van der Waals surface area contributed by atoms with E-state index in [2.05, 4.69) is 43.3 Å². The molecule has 4 rings (SSSR count). The molecule has 2 bridgehead atoms. The molecule has 0 aromatic carbocycles. The molecule has 6 heteroatoms. The Bertz CT molecular complexity index is 610. The highest BCUT2D eigenvalue weighted by Crippen LogP contribution is 2.43. The summed E-state index contributed by atoms with van der Waals surface area (Å²) >= 11 is 0. The molecule has 4 atom stereocenters. The lowest BCUT2D eigenvalue weighted by Gasteiger charge is -2.20. The Morgan fingerprint density at radius 3 is 2.45 bits per heavy atom. The third kappa shape index (κ3) is 2.13. The fourth-order valence-corrected chi connectivity index (χ4v) is 3.65. The van der Waals surface area contributed by atoms with Crippen LogP contribution in [0.1, 0.15) is 20.8 Å². The molecular formula is C16H22N4O2. The first-order valence-corrected chi connectivity index (χ1v) is 7.87. The predicted molar refractivity (Wildman–Crippen MR) is 82.6 cm³/mol. The molecule has 2 fully saturated rings. The molecule has 4 heterocycles. The summed E-state index contributed by atoms with van der Waals surface area (Å²) in [5, 5.41) is 7.27. The Balaban J connectivity index is 1.41. The number of fused-ring (bicyclic) bond motifs is 5. The Morgan fingerprint density at radius 1 is 1.27 bits per heavy atom. The normalized spacial score (nSPS) is 32.6. The maximum atomic E-state index is 12.5. The van der Waals surface area contributed by atoms with E-state index in [0.29, 0.717) is 11.8 Å². The van der Waals surface area contributed by atoms with Crippen molar-refractivity contribution in [2.45, 2.75) is 38.5 Å². The lowest BCUT2D eigenvalue weighted by Crippen LogP contribution is -2.35. The minimum absolute atomic E-state index is 0.0396. The van der Waals surface area contributed by atoms with Crippen molar-refractivity contribution >= 4 is 11.7 Å². The van der Waals surface area contributed by atoms with Gasteiger partial charge in [0.1, 0.15) is 0 Å². The van der Waals surface area contributed by atoms with E-state index in [0.717, 1.165) is 18.8 Å². The molecule has 22 heavy (non-hydrogen) atoms. The SMILES string of the molecule is CC(C)(C)n1cc(NC(=O)N2CC3C4C=CC(O4)C3C2)cn1. The van der Waals surface area contributed by atoms with Gasteiger partial charge in [-0.15, -0.1) is 0 Å². The van der Waals surface area contributed by atoms with Gasteiger partial charge in [0, 0.05) is 31.1 Å². The van der Waals surface area contributed by atoms with Crippen LogP contribution in [0.5, 0.6) is 0 Å². The molecule has 118 valence electrons. The standard InChI is InChI=1S/C16H22N4O2/c1-16(2,3)20-7-10(6-17-20)18-15(21)19-8-11-12(9-19)14-5-4-13(11)22-14/h4-7,11-14H,8-9H2,1-3H3,(H,18,21). The Hall–Kier alpha value is -1.82. The highest BCUT2D eigenvalue weighted by atomic mass is 16.5. The van der Waals surface area contributed by atoms with E-state index in [1.807, 2.05) is 15.8 Å². The molecule has 2 amide bonds. The monoisotopic (exact) mass is 302 g/mol. The van der Waals surface area contributed by atoms with Gasteiger partial charge in [-0.3, -0.25) is 4.68 Å². The van der Waals surface area contributed by atoms with Crippen molar-refractivity contribution < 1.29 is 9.53 Å². The quantitative estimate of drug-likeness (QED) is 0.808. The number of nitrogens with one attached hydrogen (secondary N) is 1. The average molecular weight is 302 g/mol. The van der Waals surface area contributed by atoms with Crippen LogP contribution in [0.4, 0.5) is 10.5 Å². The molecule has 2 saturated heterocycles. The number of carbonyl (C=O) groups is 1. The fourth-order valence-electron chi connectivity index (χ4n) is 3.65. The second kappa shape index (κ2) is 4.59. The number of aromatic nitrogens is 2. The molecule has 3 aliphatic heterocycles.